The van der Waals surface area contributed by atoms with Gasteiger partial charge in [0, 0.05) is 17.8 Å². The van der Waals surface area contributed by atoms with Crippen molar-refractivity contribution in [2.24, 2.45) is 22.7 Å². The molecule has 13 heteroatoms. The van der Waals surface area contributed by atoms with E-state index in [4.69, 9.17) is 5.11 Å². The van der Waals surface area contributed by atoms with Gasteiger partial charge in [0.15, 0.2) is 0 Å². The Labute approximate surface area is 176 Å². The molecule has 4 aliphatic rings. The molecule has 4 rings (SSSR count). The van der Waals surface area contributed by atoms with Crippen LogP contribution in [0.4, 0.5) is 35.1 Å². The van der Waals surface area contributed by atoms with Gasteiger partial charge in [-0.3, -0.25) is 4.79 Å². The molecule has 0 aromatic carbocycles. The van der Waals surface area contributed by atoms with Gasteiger partial charge >= 0.3 is 35.6 Å². The molecule has 0 aromatic rings. The van der Waals surface area contributed by atoms with E-state index in [1.807, 2.05) is 0 Å². The van der Waals surface area contributed by atoms with Crippen molar-refractivity contribution in [1.29, 1.82) is 0 Å². The molecule has 0 radical (unpaired) electrons. The van der Waals surface area contributed by atoms with E-state index < -0.39 is 77.1 Å². The summed E-state index contributed by atoms with van der Waals surface area (Å²) in [4.78, 5) is 34.6. The van der Waals surface area contributed by atoms with Crippen LogP contribution in [0.15, 0.2) is 0 Å². The zero-order chi connectivity index (χ0) is 24.5. The van der Waals surface area contributed by atoms with Crippen molar-refractivity contribution in [3.8, 4) is 0 Å². The molecule has 4 saturated carbocycles. The van der Waals surface area contributed by atoms with Crippen molar-refractivity contribution in [1.82, 2.24) is 0 Å². The Kier molecular flexibility index (Phi) is 5.42. The van der Waals surface area contributed by atoms with Crippen LogP contribution in [0.5, 0.6) is 0 Å². The molecule has 4 fully saturated rings. The minimum absolute atomic E-state index is 0.203. The fourth-order valence-corrected chi connectivity index (χ4v) is 6.04. The standard InChI is InChI=1S/C19H20F8O5/c1-14(20,21)13(31)32-8-15-3-9-2-10(4-15)6-16(5-9,7-15)11(28)17(22,23)19(26,27)18(24,25)12(29)30/h9-10H,2-8H2,1H3,(H,29,30). The molecule has 0 spiro atoms. The van der Waals surface area contributed by atoms with Crippen LogP contribution < -0.4 is 0 Å². The highest BCUT2D eigenvalue weighted by molar-refractivity contribution is 5.94. The lowest BCUT2D eigenvalue weighted by Gasteiger charge is -2.61. The van der Waals surface area contributed by atoms with Gasteiger partial charge in [0.2, 0.25) is 5.78 Å². The van der Waals surface area contributed by atoms with Crippen LogP contribution in [-0.2, 0) is 19.1 Å². The number of alkyl halides is 8. The van der Waals surface area contributed by atoms with Gasteiger partial charge < -0.3 is 9.84 Å². The molecule has 182 valence electrons. The average Bonchev–Trinajstić information content (AvgIpc) is 2.63. The minimum Gasteiger partial charge on any atom is -0.477 e. The molecule has 4 aliphatic carbocycles. The third kappa shape index (κ3) is 3.55. The number of ether oxygens (including phenoxy) is 1. The SMILES string of the molecule is CC(F)(F)C(=O)OCC12CC3CC(C1)CC(C(=O)C(F)(F)C(F)(F)C(F)(F)C(=O)O)(C3)C2. The predicted octanol–water partition coefficient (Wildman–Crippen LogP) is 4.33. The van der Waals surface area contributed by atoms with Crippen LogP contribution in [-0.4, -0.2) is 53.1 Å². The van der Waals surface area contributed by atoms with Crippen molar-refractivity contribution >= 4 is 17.7 Å². The van der Waals surface area contributed by atoms with Crippen molar-refractivity contribution in [3.63, 3.8) is 0 Å². The van der Waals surface area contributed by atoms with Crippen LogP contribution in [0.1, 0.15) is 45.4 Å². The van der Waals surface area contributed by atoms with E-state index in [-0.39, 0.29) is 32.6 Å². The number of carboxylic acids is 1. The molecular formula is C19H20F8O5. The number of rotatable bonds is 8. The van der Waals surface area contributed by atoms with E-state index in [0.29, 0.717) is 6.42 Å². The number of carboxylic acid groups (broad SMARTS) is 1. The second-order valence-corrected chi connectivity index (χ2v) is 9.56. The zero-order valence-electron chi connectivity index (χ0n) is 16.7. The van der Waals surface area contributed by atoms with E-state index >= 15 is 0 Å². The zero-order valence-corrected chi connectivity index (χ0v) is 16.7. The average molecular weight is 480 g/mol. The smallest absolute Gasteiger partial charge is 0.411 e. The number of halogens is 8. The Bertz CT molecular complexity index is 820. The third-order valence-corrected chi connectivity index (χ3v) is 6.87. The monoisotopic (exact) mass is 480 g/mol. The van der Waals surface area contributed by atoms with Gasteiger partial charge in [0.05, 0.1) is 6.61 Å². The number of ketones is 1. The number of Topliss-reactive ketones (excluding diaryl/α,β-unsaturated/α-hetero) is 1. The maximum absolute atomic E-state index is 14.5. The first kappa shape index (κ1) is 24.7. The normalized spacial score (nSPS) is 32.7. The van der Waals surface area contributed by atoms with Crippen LogP contribution in [0, 0.1) is 22.7 Å². The highest BCUT2D eigenvalue weighted by Crippen LogP contribution is 2.67. The fourth-order valence-electron chi connectivity index (χ4n) is 6.04. The molecular weight excluding hydrogens is 460 g/mol. The number of hydrogen-bond acceptors (Lipinski definition) is 4. The second-order valence-electron chi connectivity index (χ2n) is 9.56. The molecule has 0 aromatic heterocycles. The Hall–Kier alpha value is -1.95. The fraction of sp³-hybridized carbons (Fsp3) is 0.842. The van der Waals surface area contributed by atoms with Crippen LogP contribution in [0.25, 0.3) is 0 Å². The second kappa shape index (κ2) is 7.02. The van der Waals surface area contributed by atoms with Gasteiger partial charge in [-0.25, -0.2) is 9.59 Å². The number of esters is 1. The molecule has 0 amide bonds. The Morgan fingerprint density at radius 3 is 1.84 bits per heavy atom. The van der Waals surface area contributed by atoms with Crippen LogP contribution in [0.2, 0.25) is 0 Å². The van der Waals surface area contributed by atoms with Gasteiger partial charge in [-0.05, 0) is 50.4 Å². The molecule has 2 unspecified atom stereocenters. The maximum atomic E-state index is 14.5. The summed E-state index contributed by atoms with van der Waals surface area (Å²) in [7, 11) is 0. The van der Waals surface area contributed by atoms with Gasteiger partial charge in [0.1, 0.15) is 0 Å². The first-order valence-corrected chi connectivity index (χ1v) is 9.76. The van der Waals surface area contributed by atoms with E-state index in [1.165, 1.54) is 0 Å². The van der Waals surface area contributed by atoms with Gasteiger partial charge in [-0.2, -0.15) is 35.1 Å². The summed E-state index contributed by atoms with van der Waals surface area (Å²) in [6.07, 6.45) is -0.331. The molecule has 0 saturated heterocycles. The molecule has 0 heterocycles. The number of aliphatic carboxylic acids is 1. The summed E-state index contributed by atoms with van der Waals surface area (Å²) >= 11 is 0. The summed E-state index contributed by atoms with van der Waals surface area (Å²) in [5.74, 6) is -31.4. The predicted molar refractivity (Wildman–Crippen MR) is 88.6 cm³/mol. The molecule has 0 aliphatic heterocycles. The molecule has 5 nitrogen and oxygen atoms in total. The van der Waals surface area contributed by atoms with Gasteiger partial charge in [-0.15, -0.1) is 0 Å². The lowest BCUT2D eigenvalue weighted by Crippen LogP contribution is -2.66. The number of carbonyl (C=O) groups is 3. The van der Waals surface area contributed by atoms with Gasteiger partial charge in [0.25, 0.3) is 0 Å². The van der Waals surface area contributed by atoms with Crippen molar-refractivity contribution in [3.05, 3.63) is 0 Å². The quantitative estimate of drug-likeness (QED) is 0.413. The van der Waals surface area contributed by atoms with E-state index in [0.717, 1.165) is 0 Å². The van der Waals surface area contributed by atoms with Crippen LogP contribution in [0.3, 0.4) is 0 Å². The third-order valence-electron chi connectivity index (χ3n) is 6.87. The van der Waals surface area contributed by atoms with Crippen molar-refractivity contribution in [2.45, 2.75) is 69.1 Å². The summed E-state index contributed by atoms with van der Waals surface area (Å²) in [5, 5.41) is 8.30. The van der Waals surface area contributed by atoms with Crippen molar-refractivity contribution in [2.75, 3.05) is 6.61 Å². The maximum Gasteiger partial charge on any atom is 0.411 e. The van der Waals surface area contributed by atoms with Crippen molar-refractivity contribution < 1.29 is 59.4 Å². The Morgan fingerprint density at radius 1 is 0.906 bits per heavy atom. The van der Waals surface area contributed by atoms with Gasteiger partial charge in [-0.1, -0.05) is 0 Å². The lowest BCUT2D eigenvalue weighted by molar-refractivity contribution is -0.297. The van der Waals surface area contributed by atoms with E-state index in [1.54, 1.807) is 0 Å². The topological polar surface area (TPSA) is 80.7 Å². The minimum atomic E-state index is -6.50. The van der Waals surface area contributed by atoms with E-state index in [9.17, 15) is 49.5 Å². The molecule has 1 N–H and O–H groups in total. The largest absolute Gasteiger partial charge is 0.477 e. The summed E-state index contributed by atoms with van der Waals surface area (Å²) in [6, 6.07) is 0. The first-order chi connectivity index (χ1) is 14.3. The Morgan fingerprint density at radius 2 is 1.41 bits per heavy atom. The molecule has 4 bridgehead atoms. The summed E-state index contributed by atoms with van der Waals surface area (Å²) < 4.78 is 115. The highest BCUT2D eigenvalue weighted by atomic mass is 19.3. The summed E-state index contributed by atoms with van der Waals surface area (Å²) in [5.41, 5.74) is -3.41. The van der Waals surface area contributed by atoms with E-state index in [2.05, 4.69) is 4.74 Å². The Balaban J connectivity index is 1.91. The summed E-state index contributed by atoms with van der Waals surface area (Å²) in [6.45, 7) is -0.379. The number of hydrogen-bond donors (Lipinski definition) is 1. The lowest BCUT2D eigenvalue weighted by atomic mass is 9.43. The molecule has 2 atom stereocenters. The number of carbonyl (C=O) groups excluding carboxylic acids is 2. The van der Waals surface area contributed by atoms with Crippen LogP contribution >= 0.6 is 0 Å². The molecule has 32 heavy (non-hydrogen) atoms. The highest BCUT2D eigenvalue weighted by Gasteiger charge is 2.80. The first-order valence-electron chi connectivity index (χ1n) is 9.76.